The lowest BCUT2D eigenvalue weighted by Gasteiger charge is -2.28. The van der Waals surface area contributed by atoms with Gasteiger partial charge in [-0.25, -0.2) is 0 Å². The maximum absolute atomic E-state index is 10.9. The summed E-state index contributed by atoms with van der Waals surface area (Å²) in [5, 5.41) is 10.9. The number of aromatic nitrogens is 1. The van der Waals surface area contributed by atoms with Crippen molar-refractivity contribution in [3.8, 4) is 0 Å². The molecule has 5 heteroatoms. The molecule has 104 valence electrons. The van der Waals surface area contributed by atoms with E-state index in [2.05, 4.69) is 4.98 Å². The van der Waals surface area contributed by atoms with Crippen LogP contribution in [0.15, 0.2) is 48.8 Å². The molecule has 0 amide bonds. The Morgan fingerprint density at radius 2 is 2.15 bits per heavy atom. The number of non-ortho nitro benzene ring substituents is 1. The van der Waals surface area contributed by atoms with Crippen molar-refractivity contribution in [2.24, 2.45) is 5.73 Å². The number of nitro benzene ring substituents is 1. The van der Waals surface area contributed by atoms with Crippen molar-refractivity contribution in [2.45, 2.75) is 18.8 Å². The number of pyridine rings is 1. The smallest absolute Gasteiger partial charge is 0.269 e. The van der Waals surface area contributed by atoms with Gasteiger partial charge < -0.3 is 5.73 Å². The van der Waals surface area contributed by atoms with Crippen molar-refractivity contribution in [1.29, 1.82) is 0 Å². The fraction of sp³-hybridized carbons (Fsp3) is 0.267. The SMILES string of the molecule is CC(CN)(Cc1cccnc1)c1cccc([N+](=O)[O-])c1. The number of rotatable bonds is 5. The van der Waals surface area contributed by atoms with Crippen LogP contribution in [0.2, 0.25) is 0 Å². The van der Waals surface area contributed by atoms with Crippen LogP contribution < -0.4 is 5.73 Å². The molecule has 0 aliphatic heterocycles. The van der Waals surface area contributed by atoms with Crippen LogP contribution in [-0.4, -0.2) is 16.5 Å². The zero-order chi connectivity index (χ0) is 14.6. The van der Waals surface area contributed by atoms with E-state index in [0.29, 0.717) is 13.0 Å². The van der Waals surface area contributed by atoms with Crippen LogP contribution in [-0.2, 0) is 11.8 Å². The van der Waals surface area contributed by atoms with Crippen molar-refractivity contribution in [3.05, 3.63) is 70.0 Å². The standard InChI is InChI=1S/C15H17N3O2/c1-15(11-16,9-12-4-3-7-17-10-12)13-5-2-6-14(8-13)18(19)20/h2-8,10H,9,11,16H2,1H3. The highest BCUT2D eigenvalue weighted by Crippen LogP contribution is 2.29. The Hall–Kier alpha value is -2.27. The first-order valence-electron chi connectivity index (χ1n) is 6.39. The Labute approximate surface area is 117 Å². The molecule has 0 fully saturated rings. The molecule has 1 atom stereocenters. The Balaban J connectivity index is 2.35. The van der Waals surface area contributed by atoms with Gasteiger partial charge in [-0.05, 0) is 23.6 Å². The number of nitro groups is 1. The van der Waals surface area contributed by atoms with Crippen LogP contribution in [0.1, 0.15) is 18.1 Å². The van der Waals surface area contributed by atoms with E-state index in [1.807, 2.05) is 25.1 Å². The van der Waals surface area contributed by atoms with Crippen LogP contribution >= 0.6 is 0 Å². The predicted octanol–water partition coefficient (Wildman–Crippen LogP) is 2.45. The summed E-state index contributed by atoms with van der Waals surface area (Å²) in [7, 11) is 0. The predicted molar refractivity (Wildman–Crippen MR) is 77.4 cm³/mol. The summed E-state index contributed by atoms with van der Waals surface area (Å²) in [5.41, 5.74) is 7.60. The minimum absolute atomic E-state index is 0.0911. The van der Waals surface area contributed by atoms with Crippen molar-refractivity contribution in [3.63, 3.8) is 0 Å². The fourth-order valence-corrected chi connectivity index (χ4v) is 2.24. The molecule has 0 aliphatic carbocycles. The number of benzene rings is 1. The topological polar surface area (TPSA) is 82.0 Å². The van der Waals surface area contributed by atoms with Gasteiger partial charge in [-0.1, -0.05) is 25.1 Å². The highest BCUT2D eigenvalue weighted by atomic mass is 16.6. The molecule has 1 aromatic carbocycles. The van der Waals surface area contributed by atoms with Gasteiger partial charge in [-0.15, -0.1) is 0 Å². The van der Waals surface area contributed by atoms with Crippen molar-refractivity contribution in [2.75, 3.05) is 6.54 Å². The van der Waals surface area contributed by atoms with E-state index in [4.69, 9.17) is 5.73 Å². The Kier molecular flexibility index (Phi) is 4.10. The zero-order valence-corrected chi connectivity index (χ0v) is 11.3. The molecule has 1 aromatic heterocycles. The number of hydrogen-bond acceptors (Lipinski definition) is 4. The summed E-state index contributed by atoms with van der Waals surface area (Å²) in [5.74, 6) is 0. The Morgan fingerprint density at radius 3 is 2.75 bits per heavy atom. The molecular formula is C15H17N3O2. The van der Waals surface area contributed by atoms with E-state index in [-0.39, 0.29) is 16.0 Å². The first kappa shape index (κ1) is 14.1. The van der Waals surface area contributed by atoms with E-state index in [1.54, 1.807) is 24.5 Å². The molecule has 5 nitrogen and oxygen atoms in total. The zero-order valence-electron chi connectivity index (χ0n) is 11.3. The van der Waals surface area contributed by atoms with Gasteiger partial charge in [0.15, 0.2) is 0 Å². The summed E-state index contributed by atoms with van der Waals surface area (Å²) in [6.07, 6.45) is 4.21. The largest absolute Gasteiger partial charge is 0.330 e. The first-order valence-corrected chi connectivity index (χ1v) is 6.39. The number of nitrogens with zero attached hydrogens (tertiary/aromatic N) is 2. The monoisotopic (exact) mass is 271 g/mol. The van der Waals surface area contributed by atoms with Gasteiger partial charge in [0, 0.05) is 36.5 Å². The molecule has 2 rings (SSSR count). The van der Waals surface area contributed by atoms with Gasteiger partial charge in [0.25, 0.3) is 5.69 Å². The van der Waals surface area contributed by atoms with E-state index in [1.165, 1.54) is 6.07 Å². The molecule has 0 aliphatic rings. The summed E-state index contributed by atoms with van der Waals surface area (Å²) >= 11 is 0. The van der Waals surface area contributed by atoms with E-state index in [0.717, 1.165) is 11.1 Å². The summed E-state index contributed by atoms with van der Waals surface area (Å²) in [6.45, 7) is 2.42. The van der Waals surface area contributed by atoms with Gasteiger partial charge in [0.05, 0.1) is 4.92 Å². The number of nitrogens with two attached hydrogens (primary N) is 1. The van der Waals surface area contributed by atoms with E-state index < -0.39 is 0 Å². The van der Waals surface area contributed by atoms with E-state index in [9.17, 15) is 10.1 Å². The van der Waals surface area contributed by atoms with Crippen LogP contribution in [0.3, 0.4) is 0 Å². The minimum atomic E-state index is -0.384. The second-order valence-electron chi connectivity index (χ2n) is 5.11. The van der Waals surface area contributed by atoms with Crippen LogP contribution in [0.5, 0.6) is 0 Å². The average Bonchev–Trinajstić information content (AvgIpc) is 2.48. The third-order valence-corrected chi connectivity index (χ3v) is 3.52. The summed E-state index contributed by atoms with van der Waals surface area (Å²) in [6, 6.07) is 10.5. The van der Waals surface area contributed by atoms with Gasteiger partial charge in [-0.3, -0.25) is 15.1 Å². The molecule has 2 N–H and O–H groups in total. The number of hydrogen-bond donors (Lipinski definition) is 1. The highest BCUT2D eigenvalue weighted by Gasteiger charge is 2.27. The second-order valence-corrected chi connectivity index (χ2v) is 5.11. The van der Waals surface area contributed by atoms with Crippen molar-refractivity contribution in [1.82, 2.24) is 4.98 Å². The average molecular weight is 271 g/mol. The van der Waals surface area contributed by atoms with Crippen molar-refractivity contribution < 1.29 is 4.92 Å². The second kappa shape index (κ2) is 5.79. The van der Waals surface area contributed by atoms with Gasteiger partial charge in [-0.2, -0.15) is 0 Å². The molecule has 0 saturated heterocycles. The molecule has 20 heavy (non-hydrogen) atoms. The normalized spacial score (nSPS) is 13.7. The summed E-state index contributed by atoms with van der Waals surface area (Å²) < 4.78 is 0. The maximum atomic E-state index is 10.9. The molecule has 2 aromatic rings. The third-order valence-electron chi connectivity index (χ3n) is 3.52. The molecule has 1 heterocycles. The highest BCUT2D eigenvalue weighted by molar-refractivity contribution is 5.39. The molecular weight excluding hydrogens is 254 g/mol. The lowest BCUT2D eigenvalue weighted by molar-refractivity contribution is -0.385. The molecule has 0 bridgehead atoms. The lowest BCUT2D eigenvalue weighted by Crippen LogP contribution is -2.34. The van der Waals surface area contributed by atoms with E-state index >= 15 is 0 Å². The fourth-order valence-electron chi connectivity index (χ4n) is 2.24. The van der Waals surface area contributed by atoms with Gasteiger partial charge in [0.2, 0.25) is 0 Å². The quantitative estimate of drug-likeness (QED) is 0.669. The molecule has 0 radical (unpaired) electrons. The van der Waals surface area contributed by atoms with Crippen LogP contribution in [0.25, 0.3) is 0 Å². The summed E-state index contributed by atoms with van der Waals surface area (Å²) in [4.78, 5) is 14.6. The Bertz CT molecular complexity index is 601. The molecule has 0 saturated carbocycles. The first-order chi connectivity index (χ1) is 9.55. The maximum Gasteiger partial charge on any atom is 0.269 e. The Morgan fingerprint density at radius 1 is 1.35 bits per heavy atom. The van der Waals surface area contributed by atoms with Crippen molar-refractivity contribution >= 4 is 5.69 Å². The van der Waals surface area contributed by atoms with Crippen LogP contribution in [0, 0.1) is 10.1 Å². The minimum Gasteiger partial charge on any atom is -0.330 e. The third kappa shape index (κ3) is 3.00. The molecule has 0 spiro atoms. The van der Waals surface area contributed by atoms with Crippen LogP contribution in [0.4, 0.5) is 5.69 Å². The van der Waals surface area contributed by atoms with Gasteiger partial charge >= 0.3 is 0 Å². The van der Waals surface area contributed by atoms with Gasteiger partial charge in [0.1, 0.15) is 0 Å². The lowest BCUT2D eigenvalue weighted by atomic mass is 9.77. The molecule has 1 unspecified atom stereocenters.